The van der Waals surface area contributed by atoms with E-state index in [1.165, 1.54) is 12.1 Å². The predicted octanol–water partition coefficient (Wildman–Crippen LogP) is 0.984. The van der Waals surface area contributed by atoms with Gasteiger partial charge in [-0.15, -0.1) is 0 Å². The van der Waals surface area contributed by atoms with Crippen LogP contribution >= 0.6 is 15.9 Å². The van der Waals surface area contributed by atoms with Gasteiger partial charge in [0.2, 0.25) is 0 Å². The lowest BCUT2D eigenvalue weighted by Crippen LogP contribution is -2.43. The zero-order valence-electron chi connectivity index (χ0n) is 9.64. The first kappa shape index (κ1) is 14.5. The quantitative estimate of drug-likeness (QED) is 0.436. The molecule has 4 N–H and O–H groups in total. The van der Waals surface area contributed by atoms with E-state index in [1.807, 2.05) is 0 Å². The van der Waals surface area contributed by atoms with E-state index in [9.17, 15) is 14.7 Å². The molecule has 0 aliphatic rings. The minimum absolute atomic E-state index is 0.123. The van der Waals surface area contributed by atoms with Crippen LogP contribution in [0.1, 0.15) is 6.92 Å². The summed E-state index contributed by atoms with van der Waals surface area (Å²) in [5.41, 5.74) is 5.56. The molecule has 0 aliphatic heterocycles. The van der Waals surface area contributed by atoms with E-state index in [1.54, 1.807) is 13.0 Å². The molecule has 1 aromatic rings. The molecule has 0 aliphatic carbocycles. The average Bonchev–Trinajstić information content (AvgIpc) is 2.33. The molecule has 1 aromatic carbocycles. The first-order valence-corrected chi connectivity index (χ1v) is 5.96. The van der Waals surface area contributed by atoms with Gasteiger partial charge in [-0.1, -0.05) is 15.9 Å². The van der Waals surface area contributed by atoms with Gasteiger partial charge >= 0.3 is 5.97 Å². The van der Waals surface area contributed by atoms with E-state index in [4.69, 9.17) is 5.73 Å². The third kappa shape index (κ3) is 3.71. The molecule has 6 nitrogen and oxygen atoms in total. The van der Waals surface area contributed by atoms with Crippen molar-refractivity contribution in [1.82, 2.24) is 0 Å². The van der Waals surface area contributed by atoms with Crippen molar-refractivity contribution in [2.75, 3.05) is 11.9 Å². The van der Waals surface area contributed by atoms with Gasteiger partial charge in [0.25, 0.3) is 5.91 Å². The van der Waals surface area contributed by atoms with Crippen molar-refractivity contribution in [3.05, 3.63) is 22.7 Å². The largest absolute Gasteiger partial charge is 0.506 e. The third-order valence-electron chi connectivity index (χ3n) is 2.04. The number of benzene rings is 1. The Morgan fingerprint density at radius 3 is 2.83 bits per heavy atom. The molecule has 18 heavy (non-hydrogen) atoms. The molecule has 0 aromatic heterocycles. The van der Waals surface area contributed by atoms with Crippen LogP contribution in [0.3, 0.4) is 0 Å². The lowest BCUT2D eigenvalue weighted by molar-refractivity contribution is -0.146. The van der Waals surface area contributed by atoms with Gasteiger partial charge in [-0.05, 0) is 25.1 Å². The lowest BCUT2D eigenvalue weighted by atomic mass is 10.2. The fraction of sp³-hybridized carbons (Fsp3) is 0.273. The van der Waals surface area contributed by atoms with Crippen LogP contribution in [0.2, 0.25) is 0 Å². The van der Waals surface area contributed by atoms with Crippen molar-refractivity contribution >= 4 is 33.5 Å². The van der Waals surface area contributed by atoms with E-state index >= 15 is 0 Å². The number of nitrogens with two attached hydrogens (primary N) is 1. The summed E-state index contributed by atoms with van der Waals surface area (Å²) >= 11 is 3.19. The number of hydrogen-bond acceptors (Lipinski definition) is 5. The van der Waals surface area contributed by atoms with Crippen LogP contribution in [-0.2, 0) is 14.3 Å². The second kappa shape index (κ2) is 6.36. The van der Waals surface area contributed by atoms with Gasteiger partial charge in [0, 0.05) is 4.47 Å². The van der Waals surface area contributed by atoms with Crippen molar-refractivity contribution < 1.29 is 19.4 Å². The Labute approximate surface area is 112 Å². The SMILES string of the molecule is CCOC(=O)C(N)C(=O)Nc1cc(Br)ccc1O. The second-order valence-electron chi connectivity index (χ2n) is 3.38. The van der Waals surface area contributed by atoms with Crippen molar-refractivity contribution in [1.29, 1.82) is 0 Å². The van der Waals surface area contributed by atoms with E-state index in [0.29, 0.717) is 4.47 Å². The summed E-state index contributed by atoms with van der Waals surface area (Å²) in [6, 6.07) is 3.07. The van der Waals surface area contributed by atoms with E-state index in [2.05, 4.69) is 26.0 Å². The number of ether oxygens (including phenoxy) is 1. The molecule has 1 unspecified atom stereocenters. The van der Waals surface area contributed by atoms with Crippen LogP contribution in [0.5, 0.6) is 5.75 Å². The Morgan fingerprint density at radius 2 is 2.22 bits per heavy atom. The highest BCUT2D eigenvalue weighted by Crippen LogP contribution is 2.26. The molecule has 7 heteroatoms. The molecular weight excluding hydrogens is 304 g/mol. The number of rotatable bonds is 4. The Hall–Kier alpha value is -1.60. The first-order valence-electron chi connectivity index (χ1n) is 5.17. The summed E-state index contributed by atoms with van der Waals surface area (Å²) in [6.07, 6.45) is 0. The second-order valence-corrected chi connectivity index (χ2v) is 4.30. The van der Waals surface area contributed by atoms with Crippen LogP contribution in [0.15, 0.2) is 22.7 Å². The fourth-order valence-corrected chi connectivity index (χ4v) is 1.52. The maximum absolute atomic E-state index is 11.6. The van der Waals surface area contributed by atoms with Gasteiger partial charge in [0.1, 0.15) is 5.75 Å². The fourth-order valence-electron chi connectivity index (χ4n) is 1.16. The van der Waals surface area contributed by atoms with Crippen LogP contribution in [-0.4, -0.2) is 29.6 Å². The van der Waals surface area contributed by atoms with Gasteiger partial charge in [-0.3, -0.25) is 4.79 Å². The molecule has 0 spiro atoms. The Morgan fingerprint density at radius 1 is 1.56 bits per heavy atom. The summed E-state index contributed by atoms with van der Waals surface area (Å²) in [5.74, 6) is -1.69. The van der Waals surface area contributed by atoms with Crippen molar-refractivity contribution in [3.63, 3.8) is 0 Å². The van der Waals surface area contributed by atoms with Crippen LogP contribution in [0.4, 0.5) is 5.69 Å². The van der Waals surface area contributed by atoms with Crippen molar-refractivity contribution in [2.24, 2.45) is 5.73 Å². The topological polar surface area (TPSA) is 102 Å². The lowest BCUT2D eigenvalue weighted by Gasteiger charge is -2.12. The predicted molar refractivity (Wildman–Crippen MR) is 69.0 cm³/mol. The maximum atomic E-state index is 11.6. The van der Waals surface area contributed by atoms with Gasteiger partial charge in [-0.2, -0.15) is 0 Å². The molecule has 0 bridgehead atoms. The van der Waals surface area contributed by atoms with E-state index in [-0.39, 0.29) is 18.0 Å². The maximum Gasteiger partial charge on any atom is 0.332 e. The van der Waals surface area contributed by atoms with E-state index in [0.717, 1.165) is 0 Å². The number of aromatic hydroxyl groups is 1. The number of phenols is 1. The molecule has 1 amide bonds. The third-order valence-corrected chi connectivity index (χ3v) is 2.53. The van der Waals surface area contributed by atoms with Gasteiger partial charge in [-0.25, -0.2) is 4.79 Å². The molecular formula is C11H13BrN2O4. The summed E-state index contributed by atoms with van der Waals surface area (Å²) in [5, 5.41) is 11.9. The summed E-state index contributed by atoms with van der Waals surface area (Å²) < 4.78 is 5.29. The zero-order valence-corrected chi connectivity index (χ0v) is 11.2. The number of nitrogens with one attached hydrogen (secondary N) is 1. The normalized spacial score (nSPS) is 11.7. The highest BCUT2D eigenvalue weighted by atomic mass is 79.9. The standard InChI is InChI=1S/C11H13BrN2O4/c1-2-18-11(17)9(13)10(16)14-7-5-6(12)3-4-8(7)15/h3-5,9,15H,2,13H2,1H3,(H,14,16). The number of halogens is 1. The van der Waals surface area contributed by atoms with Gasteiger partial charge in [0.15, 0.2) is 6.04 Å². The number of phenolic OH excluding ortho intramolecular Hbond substituents is 1. The number of esters is 1. The molecule has 0 fully saturated rings. The van der Waals surface area contributed by atoms with Gasteiger partial charge in [0.05, 0.1) is 12.3 Å². The van der Waals surface area contributed by atoms with Crippen LogP contribution < -0.4 is 11.1 Å². The number of anilines is 1. The molecule has 0 saturated carbocycles. The minimum atomic E-state index is -1.43. The summed E-state index contributed by atoms with van der Waals surface area (Å²) in [7, 11) is 0. The molecule has 0 radical (unpaired) electrons. The van der Waals surface area contributed by atoms with Crippen LogP contribution in [0, 0.1) is 0 Å². The average molecular weight is 317 g/mol. The van der Waals surface area contributed by atoms with Crippen molar-refractivity contribution in [3.8, 4) is 5.75 Å². The molecule has 1 atom stereocenters. The number of carbonyl (C=O) groups excluding carboxylic acids is 2. The number of carbonyl (C=O) groups is 2. The Bertz CT molecular complexity index is 464. The number of hydrogen-bond donors (Lipinski definition) is 3. The Kier molecular flexibility index (Phi) is 5.11. The summed E-state index contributed by atoms with van der Waals surface area (Å²) in [6.45, 7) is 1.75. The van der Waals surface area contributed by atoms with E-state index < -0.39 is 17.9 Å². The zero-order chi connectivity index (χ0) is 13.7. The molecule has 0 saturated heterocycles. The molecule has 1 rings (SSSR count). The summed E-state index contributed by atoms with van der Waals surface area (Å²) in [4.78, 5) is 22.9. The smallest absolute Gasteiger partial charge is 0.332 e. The monoisotopic (exact) mass is 316 g/mol. The highest BCUT2D eigenvalue weighted by molar-refractivity contribution is 9.10. The van der Waals surface area contributed by atoms with Crippen LogP contribution in [0.25, 0.3) is 0 Å². The van der Waals surface area contributed by atoms with Crippen molar-refractivity contribution in [2.45, 2.75) is 13.0 Å². The Balaban J connectivity index is 2.75. The highest BCUT2D eigenvalue weighted by Gasteiger charge is 2.24. The minimum Gasteiger partial charge on any atom is -0.506 e. The molecule has 98 valence electrons. The number of amides is 1. The van der Waals surface area contributed by atoms with Gasteiger partial charge < -0.3 is 20.9 Å². The first-order chi connectivity index (χ1) is 8.45. The molecule has 0 heterocycles.